The first kappa shape index (κ1) is 22.9. The highest BCUT2D eigenvalue weighted by Crippen LogP contribution is 2.20. The fourth-order valence-electron chi connectivity index (χ4n) is 3.15. The van der Waals surface area contributed by atoms with Gasteiger partial charge in [-0.1, -0.05) is 13.0 Å². The van der Waals surface area contributed by atoms with Crippen LogP contribution in [0.3, 0.4) is 0 Å². The normalized spacial score (nSPS) is 15.4. The summed E-state index contributed by atoms with van der Waals surface area (Å²) >= 11 is 0. The van der Waals surface area contributed by atoms with Crippen LogP contribution < -0.4 is 5.32 Å². The minimum atomic E-state index is -3.66. The number of piperazine rings is 1. The molecule has 31 heavy (non-hydrogen) atoms. The van der Waals surface area contributed by atoms with Crippen LogP contribution in [0.15, 0.2) is 53.4 Å². The zero-order chi connectivity index (χ0) is 22.4. The van der Waals surface area contributed by atoms with Crippen LogP contribution in [0.5, 0.6) is 0 Å². The van der Waals surface area contributed by atoms with Crippen LogP contribution in [0.4, 0.5) is 5.69 Å². The molecule has 0 saturated carbocycles. The molecule has 0 bridgehead atoms. The summed E-state index contributed by atoms with van der Waals surface area (Å²) in [5.41, 5.74) is 1.12. The number of carbonyl (C=O) groups is 2. The number of carbonyl (C=O) groups excluding carboxylic acids is 2. The second-order valence-electron chi connectivity index (χ2n) is 7.40. The Kier molecular flexibility index (Phi) is 7.42. The second-order valence-corrected chi connectivity index (χ2v) is 9.34. The smallest absolute Gasteiger partial charge is 0.338 e. The van der Waals surface area contributed by atoms with Gasteiger partial charge in [0, 0.05) is 37.4 Å². The molecule has 1 N–H and O–H groups in total. The van der Waals surface area contributed by atoms with E-state index in [1.807, 2.05) is 14.0 Å². The van der Waals surface area contributed by atoms with Crippen molar-refractivity contribution in [1.29, 1.82) is 0 Å². The molecule has 1 amide bonds. The Morgan fingerprint density at radius 1 is 1.00 bits per heavy atom. The van der Waals surface area contributed by atoms with Gasteiger partial charge in [0.25, 0.3) is 5.91 Å². The van der Waals surface area contributed by atoms with Crippen LogP contribution in [0.1, 0.15) is 34.1 Å². The van der Waals surface area contributed by atoms with Crippen LogP contribution in [0, 0.1) is 0 Å². The van der Waals surface area contributed by atoms with Crippen molar-refractivity contribution in [1.82, 2.24) is 9.21 Å². The number of ether oxygens (including phenoxy) is 1. The molecular weight excluding hydrogens is 418 g/mol. The van der Waals surface area contributed by atoms with Gasteiger partial charge in [0.15, 0.2) is 0 Å². The van der Waals surface area contributed by atoms with E-state index in [0.717, 1.165) is 6.42 Å². The Bertz CT molecular complexity index is 1030. The van der Waals surface area contributed by atoms with Gasteiger partial charge in [0.1, 0.15) is 0 Å². The maximum Gasteiger partial charge on any atom is 0.338 e. The summed E-state index contributed by atoms with van der Waals surface area (Å²) < 4.78 is 32.4. The van der Waals surface area contributed by atoms with Crippen molar-refractivity contribution >= 4 is 27.6 Å². The van der Waals surface area contributed by atoms with E-state index < -0.39 is 21.9 Å². The Morgan fingerprint density at radius 2 is 1.68 bits per heavy atom. The number of anilines is 1. The van der Waals surface area contributed by atoms with Gasteiger partial charge < -0.3 is 15.0 Å². The molecule has 2 aromatic carbocycles. The zero-order valence-electron chi connectivity index (χ0n) is 17.7. The summed E-state index contributed by atoms with van der Waals surface area (Å²) in [7, 11) is -1.71. The maximum absolute atomic E-state index is 12.9. The van der Waals surface area contributed by atoms with Crippen molar-refractivity contribution in [2.75, 3.05) is 45.2 Å². The minimum absolute atomic E-state index is 0.0960. The third-order valence-electron chi connectivity index (χ3n) is 5.01. The fourth-order valence-corrected chi connectivity index (χ4v) is 4.61. The third kappa shape index (κ3) is 5.69. The molecular formula is C22H27N3O5S. The molecule has 0 radical (unpaired) electrons. The molecule has 1 aliphatic rings. The molecule has 1 saturated heterocycles. The Morgan fingerprint density at radius 3 is 2.32 bits per heavy atom. The van der Waals surface area contributed by atoms with E-state index in [0.29, 0.717) is 44.0 Å². The average Bonchev–Trinajstić information content (AvgIpc) is 2.78. The number of benzene rings is 2. The lowest BCUT2D eigenvalue weighted by molar-refractivity contribution is 0.0505. The number of sulfonamides is 1. The number of hydrogen-bond acceptors (Lipinski definition) is 6. The van der Waals surface area contributed by atoms with Crippen molar-refractivity contribution in [3.8, 4) is 0 Å². The topological polar surface area (TPSA) is 96.0 Å². The molecule has 0 unspecified atom stereocenters. The lowest BCUT2D eigenvalue weighted by Gasteiger charge is -2.31. The van der Waals surface area contributed by atoms with E-state index in [4.69, 9.17) is 4.74 Å². The zero-order valence-corrected chi connectivity index (χ0v) is 18.5. The lowest BCUT2D eigenvalue weighted by Crippen LogP contribution is -2.47. The number of rotatable bonds is 7. The van der Waals surface area contributed by atoms with Crippen LogP contribution in [0.25, 0.3) is 0 Å². The summed E-state index contributed by atoms with van der Waals surface area (Å²) in [5.74, 6) is -0.849. The Hall–Kier alpha value is -2.75. The first-order chi connectivity index (χ1) is 14.8. The second kappa shape index (κ2) is 10.0. The molecule has 2 aromatic rings. The number of nitrogens with zero attached hydrogens (tertiary/aromatic N) is 2. The molecule has 166 valence electrons. The summed E-state index contributed by atoms with van der Waals surface area (Å²) in [6.45, 7) is 4.44. The third-order valence-corrected chi connectivity index (χ3v) is 6.91. The summed E-state index contributed by atoms with van der Waals surface area (Å²) in [6, 6.07) is 12.4. The number of nitrogens with one attached hydrogen (secondary N) is 1. The van der Waals surface area contributed by atoms with Gasteiger partial charge in [-0.25, -0.2) is 13.2 Å². The van der Waals surface area contributed by atoms with Gasteiger partial charge in [0.05, 0.1) is 17.1 Å². The van der Waals surface area contributed by atoms with Gasteiger partial charge >= 0.3 is 5.97 Å². The van der Waals surface area contributed by atoms with E-state index in [-0.39, 0.29) is 10.5 Å². The quantitative estimate of drug-likeness (QED) is 0.658. The van der Waals surface area contributed by atoms with E-state index in [1.165, 1.54) is 16.4 Å². The molecule has 0 spiro atoms. The van der Waals surface area contributed by atoms with Gasteiger partial charge in [-0.2, -0.15) is 4.31 Å². The van der Waals surface area contributed by atoms with Gasteiger partial charge in [-0.05, 0) is 55.9 Å². The monoisotopic (exact) mass is 445 g/mol. The van der Waals surface area contributed by atoms with Gasteiger partial charge in [-0.15, -0.1) is 0 Å². The standard InChI is InChI=1S/C22H27N3O5S/c1-3-15-30-22(27)17-7-9-19(10-8-17)23-21(26)18-5-4-6-20(16-18)31(28,29)25-13-11-24(2)12-14-25/h4-10,16H,3,11-15H2,1-2H3,(H,23,26). The van der Waals surface area contributed by atoms with E-state index in [1.54, 1.807) is 36.4 Å². The Balaban J connectivity index is 1.69. The van der Waals surface area contributed by atoms with Crippen molar-refractivity contribution in [2.45, 2.75) is 18.2 Å². The van der Waals surface area contributed by atoms with Gasteiger partial charge in [0.2, 0.25) is 10.0 Å². The Labute approximate surface area is 182 Å². The van der Waals surface area contributed by atoms with Crippen LogP contribution in [-0.4, -0.2) is 69.3 Å². The van der Waals surface area contributed by atoms with Crippen molar-refractivity contribution in [2.24, 2.45) is 0 Å². The highest BCUT2D eigenvalue weighted by atomic mass is 32.2. The van der Waals surface area contributed by atoms with E-state index in [9.17, 15) is 18.0 Å². The molecule has 8 nitrogen and oxygen atoms in total. The van der Waals surface area contributed by atoms with Crippen molar-refractivity contribution < 1.29 is 22.7 Å². The predicted octanol–water partition coefficient (Wildman–Crippen LogP) is 2.44. The molecule has 3 rings (SSSR count). The van der Waals surface area contributed by atoms with Crippen molar-refractivity contribution in [3.05, 3.63) is 59.7 Å². The average molecular weight is 446 g/mol. The number of amides is 1. The molecule has 1 aliphatic heterocycles. The molecule has 0 aliphatic carbocycles. The van der Waals surface area contributed by atoms with E-state index in [2.05, 4.69) is 10.2 Å². The van der Waals surface area contributed by atoms with Crippen LogP contribution >= 0.6 is 0 Å². The van der Waals surface area contributed by atoms with E-state index >= 15 is 0 Å². The maximum atomic E-state index is 12.9. The van der Waals surface area contributed by atoms with Crippen LogP contribution in [-0.2, 0) is 14.8 Å². The largest absolute Gasteiger partial charge is 0.462 e. The highest BCUT2D eigenvalue weighted by molar-refractivity contribution is 7.89. The first-order valence-electron chi connectivity index (χ1n) is 10.2. The highest BCUT2D eigenvalue weighted by Gasteiger charge is 2.28. The molecule has 1 heterocycles. The summed E-state index contributed by atoms with van der Waals surface area (Å²) in [5, 5.41) is 2.73. The number of likely N-dealkylation sites (N-methyl/N-ethyl adjacent to an activating group) is 1. The minimum Gasteiger partial charge on any atom is -0.462 e. The van der Waals surface area contributed by atoms with Crippen LogP contribution in [0.2, 0.25) is 0 Å². The summed E-state index contributed by atoms with van der Waals surface area (Å²) in [6.07, 6.45) is 0.740. The predicted molar refractivity (Wildman–Crippen MR) is 118 cm³/mol. The number of esters is 1. The number of hydrogen-bond donors (Lipinski definition) is 1. The molecule has 0 aromatic heterocycles. The lowest BCUT2D eigenvalue weighted by atomic mass is 10.2. The molecule has 1 fully saturated rings. The summed E-state index contributed by atoms with van der Waals surface area (Å²) in [4.78, 5) is 26.7. The van der Waals surface area contributed by atoms with Gasteiger partial charge in [-0.3, -0.25) is 4.79 Å². The fraction of sp³-hybridized carbons (Fsp3) is 0.364. The first-order valence-corrected chi connectivity index (χ1v) is 11.6. The van der Waals surface area contributed by atoms with Crippen molar-refractivity contribution in [3.63, 3.8) is 0 Å². The SMILES string of the molecule is CCCOC(=O)c1ccc(NC(=O)c2cccc(S(=O)(=O)N3CCN(C)CC3)c2)cc1. The molecule has 0 atom stereocenters. The molecule has 9 heteroatoms.